The van der Waals surface area contributed by atoms with Crippen molar-refractivity contribution in [3.63, 3.8) is 0 Å². The fraction of sp³-hybridized carbons (Fsp3) is 0.778. The summed E-state index contributed by atoms with van der Waals surface area (Å²) >= 11 is 0. The molecule has 1 saturated carbocycles. The first-order chi connectivity index (χ1) is 4.93. The molecular weight excluding hydrogens is 122 g/mol. The molecule has 0 spiro atoms. The molecule has 1 heteroatoms. The van der Waals surface area contributed by atoms with Gasteiger partial charge in [0, 0.05) is 12.6 Å². The molecule has 0 bridgehead atoms. The maximum Gasteiger partial charge on any atom is 0.0314 e. The summed E-state index contributed by atoms with van der Waals surface area (Å²) in [6.07, 6.45) is 8.69. The van der Waals surface area contributed by atoms with E-state index in [9.17, 15) is 0 Å². The van der Waals surface area contributed by atoms with Gasteiger partial charge in [0.05, 0.1) is 0 Å². The molecular formula is C9H16N. The highest BCUT2D eigenvalue weighted by Gasteiger charge is 2.11. The summed E-state index contributed by atoms with van der Waals surface area (Å²) in [5.74, 6) is 0. The second-order valence-electron chi connectivity index (χ2n) is 2.95. The molecule has 1 nitrogen and oxygen atoms in total. The van der Waals surface area contributed by atoms with Gasteiger partial charge in [-0.1, -0.05) is 25.3 Å². The fourth-order valence-corrected chi connectivity index (χ4v) is 1.49. The summed E-state index contributed by atoms with van der Waals surface area (Å²) < 4.78 is 0. The molecule has 0 aromatic heterocycles. The Bertz CT molecular complexity index is 92.9. The van der Waals surface area contributed by atoms with E-state index in [-0.39, 0.29) is 0 Å². The maximum atomic E-state index is 4.48. The lowest BCUT2D eigenvalue weighted by Crippen LogP contribution is -2.24. The zero-order chi connectivity index (χ0) is 7.23. The Morgan fingerprint density at radius 1 is 1.30 bits per heavy atom. The second-order valence-corrected chi connectivity index (χ2v) is 2.95. The number of nitrogens with zero attached hydrogens (tertiary/aromatic N) is 1. The van der Waals surface area contributed by atoms with Gasteiger partial charge in [-0.2, -0.15) is 0 Å². The highest BCUT2D eigenvalue weighted by atomic mass is 14.9. The molecule has 0 unspecified atom stereocenters. The molecule has 0 heterocycles. The molecule has 1 aliphatic rings. The Labute approximate surface area is 63.5 Å². The van der Waals surface area contributed by atoms with Crippen molar-refractivity contribution in [1.82, 2.24) is 5.32 Å². The zero-order valence-electron chi connectivity index (χ0n) is 6.55. The smallest absolute Gasteiger partial charge is 0.0314 e. The third kappa shape index (κ3) is 2.53. The van der Waals surface area contributed by atoms with Gasteiger partial charge in [-0.3, -0.25) is 0 Å². The summed E-state index contributed by atoms with van der Waals surface area (Å²) in [5.41, 5.74) is 0. The number of hydrogen-bond acceptors (Lipinski definition) is 0. The van der Waals surface area contributed by atoms with Gasteiger partial charge in [0.2, 0.25) is 0 Å². The van der Waals surface area contributed by atoms with Gasteiger partial charge >= 0.3 is 0 Å². The van der Waals surface area contributed by atoms with Crippen LogP contribution in [0.15, 0.2) is 12.7 Å². The summed E-state index contributed by atoms with van der Waals surface area (Å²) in [7, 11) is 0. The molecule has 0 atom stereocenters. The lowest BCUT2D eigenvalue weighted by molar-refractivity contribution is 0.379. The standard InChI is InChI=1S/C9H16N/c1-2-8-10-9-6-4-3-5-7-9/h2,9H,1,3-8H2. The molecule has 0 amide bonds. The minimum atomic E-state index is 0.659. The van der Waals surface area contributed by atoms with Crippen LogP contribution in [0.25, 0.3) is 0 Å². The number of hydrogen-bond donors (Lipinski definition) is 0. The second kappa shape index (κ2) is 4.51. The summed E-state index contributed by atoms with van der Waals surface area (Å²) in [4.78, 5) is 0. The first-order valence-electron chi connectivity index (χ1n) is 4.21. The largest absolute Gasteiger partial charge is 0.234 e. The van der Waals surface area contributed by atoms with E-state index in [1.165, 1.54) is 32.1 Å². The summed E-state index contributed by atoms with van der Waals surface area (Å²) in [6, 6.07) is 0.659. The van der Waals surface area contributed by atoms with E-state index in [1.54, 1.807) is 0 Å². The van der Waals surface area contributed by atoms with E-state index in [1.807, 2.05) is 6.08 Å². The lowest BCUT2D eigenvalue weighted by atomic mass is 9.96. The zero-order valence-corrected chi connectivity index (χ0v) is 6.55. The van der Waals surface area contributed by atoms with Gasteiger partial charge in [0.15, 0.2) is 0 Å². The Morgan fingerprint density at radius 2 is 2.00 bits per heavy atom. The molecule has 1 fully saturated rings. The van der Waals surface area contributed by atoms with Crippen LogP contribution in [-0.4, -0.2) is 12.6 Å². The van der Waals surface area contributed by atoms with Crippen LogP contribution >= 0.6 is 0 Å². The Balaban J connectivity index is 2.07. The molecule has 0 aromatic rings. The average molecular weight is 138 g/mol. The van der Waals surface area contributed by atoms with Crippen LogP contribution in [0.1, 0.15) is 32.1 Å². The van der Waals surface area contributed by atoms with Crippen molar-refractivity contribution in [2.24, 2.45) is 0 Å². The van der Waals surface area contributed by atoms with Gasteiger partial charge in [0.25, 0.3) is 0 Å². The predicted octanol–water partition coefficient (Wildman–Crippen LogP) is 2.11. The van der Waals surface area contributed by atoms with Gasteiger partial charge in [-0.25, -0.2) is 5.32 Å². The first-order valence-corrected chi connectivity index (χ1v) is 4.21. The molecule has 0 N–H and O–H groups in total. The first kappa shape index (κ1) is 7.80. The quantitative estimate of drug-likeness (QED) is 0.530. The minimum absolute atomic E-state index is 0.659. The van der Waals surface area contributed by atoms with Crippen LogP contribution in [0, 0.1) is 0 Å². The fourth-order valence-electron chi connectivity index (χ4n) is 1.49. The summed E-state index contributed by atoms with van der Waals surface area (Å²) in [6.45, 7) is 4.50. The molecule has 0 saturated heterocycles. The molecule has 1 rings (SSSR count). The molecule has 1 aliphatic carbocycles. The van der Waals surface area contributed by atoms with Crippen LogP contribution in [-0.2, 0) is 0 Å². The van der Waals surface area contributed by atoms with E-state index in [0.29, 0.717) is 6.04 Å². The van der Waals surface area contributed by atoms with Crippen LogP contribution in [0.2, 0.25) is 0 Å². The van der Waals surface area contributed by atoms with Gasteiger partial charge in [0.1, 0.15) is 0 Å². The molecule has 0 aromatic carbocycles. The van der Waals surface area contributed by atoms with Crippen molar-refractivity contribution in [3.05, 3.63) is 12.7 Å². The van der Waals surface area contributed by atoms with Crippen molar-refractivity contribution >= 4 is 0 Å². The van der Waals surface area contributed by atoms with E-state index in [0.717, 1.165) is 6.54 Å². The van der Waals surface area contributed by atoms with Crippen LogP contribution in [0.4, 0.5) is 0 Å². The topological polar surface area (TPSA) is 14.1 Å². The van der Waals surface area contributed by atoms with Crippen molar-refractivity contribution < 1.29 is 0 Å². The normalized spacial score (nSPS) is 20.8. The maximum absolute atomic E-state index is 4.48. The van der Waals surface area contributed by atoms with Crippen molar-refractivity contribution in [1.29, 1.82) is 0 Å². The molecule has 57 valence electrons. The van der Waals surface area contributed by atoms with Gasteiger partial charge in [-0.15, -0.1) is 6.58 Å². The van der Waals surface area contributed by atoms with E-state index >= 15 is 0 Å². The molecule has 0 aliphatic heterocycles. The molecule has 1 radical (unpaired) electrons. The van der Waals surface area contributed by atoms with Gasteiger partial charge < -0.3 is 0 Å². The summed E-state index contributed by atoms with van der Waals surface area (Å²) in [5, 5.41) is 4.48. The highest BCUT2D eigenvalue weighted by Crippen LogP contribution is 2.17. The SMILES string of the molecule is C=CC[N]C1CCCCC1. The van der Waals surface area contributed by atoms with Crippen LogP contribution < -0.4 is 5.32 Å². The van der Waals surface area contributed by atoms with E-state index < -0.39 is 0 Å². The van der Waals surface area contributed by atoms with Crippen LogP contribution in [0.5, 0.6) is 0 Å². The Kier molecular flexibility index (Phi) is 3.52. The third-order valence-electron chi connectivity index (χ3n) is 2.07. The number of rotatable bonds is 3. The Morgan fingerprint density at radius 3 is 2.60 bits per heavy atom. The lowest BCUT2D eigenvalue weighted by Gasteiger charge is -2.20. The van der Waals surface area contributed by atoms with Crippen LogP contribution in [0.3, 0.4) is 0 Å². The van der Waals surface area contributed by atoms with E-state index in [4.69, 9.17) is 0 Å². The van der Waals surface area contributed by atoms with Crippen molar-refractivity contribution in [2.75, 3.05) is 6.54 Å². The average Bonchev–Trinajstić information content (AvgIpc) is 2.03. The third-order valence-corrected chi connectivity index (χ3v) is 2.07. The van der Waals surface area contributed by atoms with Crippen molar-refractivity contribution in [2.45, 2.75) is 38.1 Å². The predicted molar refractivity (Wildman–Crippen MR) is 44.1 cm³/mol. The van der Waals surface area contributed by atoms with Gasteiger partial charge in [-0.05, 0) is 12.8 Å². The van der Waals surface area contributed by atoms with E-state index in [2.05, 4.69) is 11.9 Å². The Hall–Kier alpha value is -0.300. The van der Waals surface area contributed by atoms with Crippen molar-refractivity contribution in [3.8, 4) is 0 Å². The minimum Gasteiger partial charge on any atom is -0.234 e. The molecule has 10 heavy (non-hydrogen) atoms. The monoisotopic (exact) mass is 138 g/mol. The highest BCUT2D eigenvalue weighted by molar-refractivity contribution is 4.76.